The molecule has 2 rings (SSSR count). The van der Waals surface area contributed by atoms with Crippen molar-refractivity contribution in [3.8, 4) is 0 Å². The van der Waals surface area contributed by atoms with Gasteiger partial charge in [-0.3, -0.25) is 23.4 Å². The minimum atomic E-state index is -4.44. The summed E-state index contributed by atoms with van der Waals surface area (Å²) in [6.45, 7) is 5.53. The zero-order valence-corrected chi connectivity index (χ0v) is 24.2. The highest BCUT2D eigenvalue weighted by molar-refractivity contribution is 7.47. The molecule has 39 heavy (non-hydrogen) atoms. The number of rotatable bonds is 20. The van der Waals surface area contributed by atoms with Crippen molar-refractivity contribution in [1.82, 2.24) is 9.55 Å². The van der Waals surface area contributed by atoms with E-state index in [1.807, 2.05) is 0 Å². The molecule has 14 heteroatoms. The number of phosphoric acid groups is 1. The van der Waals surface area contributed by atoms with Gasteiger partial charge >= 0.3 is 13.5 Å². The highest BCUT2D eigenvalue weighted by Crippen LogP contribution is 2.44. The van der Waals surface area contributed by atoms with Crippen LogP contribution in [0.1, 0.15) is 96.3 Å². The third-order valence-electron chi connectivity index (χ3n) is 6.63. The maximum Gasteiger partial charge on any atom is 0.472 e. The topological polar surface area (TPSA) is 178 Å². The Morgan fingerprint density at radius 3 is 2.46 bits per heavy atom. The van der Waals surface area contributed by atoms with E-state index in [4.69, 9.17) is 24.1 Å². The smallest absolute Gasteiger partial charge is 0.376 e. The molecule has 0 bridgehead atoms. The van der Waals surface area contributed by atoms with Crippen LogP contribution in [-0.2, 0) is 23.1 Å². The fourth-order valence-corrected chi connectivity index (χ4v) is 5.16. The normalized spacial score (nSPS) is 21.4. The number of nitrogens with one attached hydrogen (secondary N) is 1. The van der Waals surface area contributed by atoms with Crippen molar-refractivity contribution in [2.24, 2.45) is 5.11 Å². The van der Waals surface area contributed by atoms with Crippen LogP contribution in [0.4, 0.5) is 0 Å². The summed E-state index contributed by atoms with van der Waals surface area (Å²) in [6.07, 6.45) is 11.6. The monoisotopic (exact) mass is 573 g/mol. The van der Waals surface area contributed by atoms with Crippen molar-refractivity contribution in [2.45, 2.75) is 116 Å². The number of ether oxygens (including phenoxy) is 2. The van der Waals surface area contributed by atoms with E-state index in [0.29, 0.717) is 12.2 Å². The molecule has 1 fully saturated rings. The highest BCUT2D eigenvalue weighted by atomic mass is 31.2. The first-order chi connectivity index (χ1) is 18.7. The Kier molecular flexibility index (Phi) is 15.0. The van der Waals surface area contributed by atoms with Crippen LogP contribution in [0.25, 0.3) is 10.4 Å². The molecule has 0 aliphatic carbocycles. The third kappa shape index (κ3) is 12.4. The third-order valence-corrected chi connectivity index (χ3v) is 7.59. The van der Waals surface area contributed by atoms with Crippen LogP contribution in [0.5, 0.6) is 0 Å². The Balaban J connectivity index is 1.68. The molecule has 0 aromatic carbocycles. The Morgan fingerprint density at radius 2 is 1.82 bits per heavy atom. The molecule has 1 aromatic rings. The molecule has 0 saturated carbocycles. The maximum atomic E-state index is 12.4. The number of azide groups is 1. The summed E-state index contributed by atoms with van der Waals surface area (Å²) < 4.78 is 35.2. The number of unbranched alkanes of at least 4 members (excludes halogenated alkanes) is 9. The number of nitrogens with zero attached hydrogens (tertiary/aromatic N) is 4. The van der Waals surface area contributed by atoms with Gasteiger partial charge in [-0.05, 0) is 25.8 Å². The van der Waals surface area contributed by atoms with E-state index < -0.39 is 50.2 Å². The molecule has 1 aromatic heterocycles. The minimum absolute atomic E-state index is 0.115. The van der Waals surface area contributed by atoms with Crippen LogP contribution in [0.15, 0.2) is 20.9 Å². The van der Waals surface area contributed by atoms with E-state index in [2.05, 4.69) is 21.9 Å². The molecule has 1 saturated heterocycles. The standard InChI is InChI=1S/C25H44N5O8P/c1-4-5-6-7-8-9-10-11-12-13-14-35-20(3)17-36-39(33,34)37-18-22-21(28-29-26)15-23(38-22)30-16-19(2)24(31)27-25(30)32/h16,20-23H,4-15,17-18H2,1-3H3,(H,33,34)(H,27,31,32)/t20-,21?,22+,23+/m0/s1. The zero-order chi connectivity index (χ0) is 28.7. The van der Waals surface area contributed by atoms with E-state index in [9.17, 15) is 19.0 Å². The van der Waals surface area contributed by atoms with Gasteiger partial charge in [0.2, 0.25) is 0 Å². The summed E-state index contributed by atoms with van der Waals surface area (Å²) in [7, 11) is -4.44. The van der Waals surface area contributed by atoms with Crippen LogP contribution in [0.3, 0.4) is 0 Å². The van der Waals surface area contributed by atoms with Crippen molar-refractivity contribution in [2.75, 3.05) is 19.8 Å². The molecule has 2 unspecified atom stereocenters. The van der Waals surface area contributed by atoms with Gasteiger partial charge < -0.3 is 14.4 Å². The average Bonchev–Trinajstić information content (AvgIpc) is 3.30. The molecule has 13 nitrogen and oxygen atoms in total. The molecule has 1 aliphatic heterocycles. The lowest BCUT2D eigenvalue weighted by Gasteiger charge is -2.20. The van der Waals surface area contributed by atoms with Crippen LogP contribution in [0, 0.1) is 6.92 Å². The van der Waals surface area contributed by atoms with Crippen molar-refractivity contribution in [3.05, 3.63) is 43.0 Å². The average molecular weight is 574 g/mol. The number of aromatic nitrogens is 2. The largest absolute Gasteiger partial charge is 0.472 e. The molecule has 0 amide bonds. The van der Waals surface area contributed by atoms with E-state index >= 15 is 0 Å². The molecule has 2 N–H and O–H groups in total. The number of H-pyrrole nitrogens is 1. The van der Waals surface area contributed by atoms with Gasteiger partial charge in [0.05, 0.1) is 31.5 Å². The minimum Gasteiger partial charge on any atom is -0.376 e. The van der Waals surface area contributed by atoms with E-state index in [-0.39, 0.29) is 13.0 Å². The van der Waals surface area contributed by atoms with Crippen LogP contribution >= 0.6 is 7.82 Å². The fourth-order valence-electron chi connectivity index (χ4n) is 4.35. The molecule has 0 spiro atoms. The lowest BCUT2D eigenvalue weighted by molar-refractivity contribution is -0.0317. The number of hydrogen-bond donors (Lipinski definition) is 2. The van der Waals surface area contributed by atoms with Gasteiger partial charge in [-0.1, -0.05) is 69.8 Å². The summed E-state index contributed by atoms with van der Waals surface area (Å²) in [6, 6.07) is -0.762. The molecule has 1 aliphatic rings. The maximum absolute atomic E-state index is 12.4. The first kappa shape index (κ1) is 33.2. The molecular weight excluding hydrogens is 529 g/mol. The second-order valence-corrected chi connectivity index (χ2v) is 11.5. The van der Waals surface area contributed by atoms with Gasteiger partial charge in [0, 0.05) is 29.7 Å². The van der Waals surface area contributed by atoms with Crippen molar-refractivity contribution < 1.29 is 28.0 Å². The number of phosphoric ester groups is 1. The summed E-state index contributed by atoms with van der Waals surface area (Å²) in [5.74, 6) is 0. The predicted molar refractivity (Wildman–Crippen MR) is 147 cm³/mol. The van der Waals surface area contributed by atoms with Gasteiger partial charge in [-0.2, -0.15) is 0 Å². The number of aromatic amines is 1. The summed E-state index contributed by atoms with van der Waals surface area (Å²) in [5, 5.41) is 3.66. The van der Waals surface area contributed by atoms with Crippen LogP contribution < -0.4 is 11.2 Å². The first-order valence-electron chi connectivity index (χ1n) is 13.9. The van der Waals surface area contributed by atoms with Crippen LogP contribution in [-0.4, -0.2) is 52.5 Å². The highest BCUT2D eigenvalue weighted by Gasteiger charge is 2.38. The number of hydrogen-bond acceptors (Lipinski definition) is 8. The Hall–Kier alpha value is -1.98. The molecule has 2 heterocycles. The Morgan fingerprint density at radius 1 is 1.18 bits per heavy atom. The second-order valence-electron chi connectivity index (χ2n) is 10.0. The molecule has 5 atom stereocenters. The van der Waals surface area contributed by atoms with E-state index in [1.54, 1.807) is 6.92 Å². The first-order valence-corrected chi connectivity index (χ1v) is 15.4. The van der Waals surface area contributed by atoms with Gasteiger partial charge in [0.1, 0.15) is 6.23 Å². The Labute approximate surface area is 229 Å². The summed E-state index contributed by atoms with van der Waals surface area (Å²) in [5.41, 5.74) is 8.00. The molecule has 222 valence electrons. The predicted octanol–water partition coefficient (Wildman–Crippen LogP) is 5.27. The van der Waals surface area contributed by atoms with Gasteiger partial charge in [0.15, 0.2) is 0 Å². The van der Waals surface area contributed by atoms with Gasteiger partial charge in [0.25, 0.3) is 5.56 Å². The van der Waals surface area contributed by atoms with Crippen LogP contribution in [0.2, 0.25) is 0 Å². The lowest BCUT2D eigenvalue weighted by atomic mass is 10.1. The summed E-state index contributed by atoms with van der Waals surface area (Å²) in [4.78, 5) is 38.9. The molecular formula is C25H44N5O8P. The van der Waals surface area contributed by atoms with Gasteiger partial charge in [-0.25, -0.2) is 9.36 Å². The van der Waals surface area contributed by atoms with Gasteiger partial charge in [-0.15, -0.1) is 0 Å². The molecule has 0 radical (unpaired) electrons. The SMILES string of the molecule is CCCCCCCCCCCCO[C@@H](C)COP(=O)(O)OC[C@H]1O[C@@H](n2cc(C)c(=O)[nH]c2=O)CC1N=[N+]=[N-]. The van der Waals surface area contributed by atoms with E-state index in [0.717, 1.165) is 12.8 Å². The lowest BCUT2D eigenvalue weighted by Crippen LogP contribution is -2.33. The quantitative estimate of drug-likeness (QED) is 0.0696. The Bertz CT molecular complexity index is 1070. The number of aryl methyl sites for hydroxylation is 1. The fraction of sp³-hybridized carbons (Fsp3) is 0.840. The van der Waals surface area contributed by atoms with Crippen molar-refractivity contribution >= 4 is 7.82 Å². The van der Waals surface area contributed by atoms with Crippen molar-refractivity contribution in [1.29, 1.82) is 0 Å². The zero-order valence-electron chi connectivity index (χ0n) is 23.3. The van der Waals surface area contributed by atoms with Crippen molar-refractivity contribution in [3.63, 3.8) is 0 Å². The van der Waals surface area contributed by atoms with E-state index in [1.165, 1.54) is 69.1 Å². The summed E-state index contributed by atoms with van der Waals surface area (Å²) >= 11 is 0. The second kappa shape index (κ2) is 17.7.